The molecule has 2 aromatic rings. The Morgan fingerprint density at radius 3 is 2.27 bits per heavy atom. The second kappa shape index (κ2) is 12.4. The van der Waals surface area contributed by atoms with Crippen molar-refractivity contribution in [3.05, 3.63) is 65.7 Å². The van der Waals surface area contributed by atoms with Gasteiger partial charge in [0.1, 0.15) is 6.04 Å². The van der Waals surface area contributed by atoms with Gasteiger partial charge >= 0.3 is 0 Å². The summed E-state index contributed by atoms with van der Waals surface area (Å²) in [5.74, 6) is 0.642. The Morgan fingerprint density at radius 2 is 1.67 bits per heavy atom. The van der Waals surface area contributed by atoms with Gasteiger partial charge in [0, 0.05) is 29.7 Å². The van der Waals surface area contributed by atoms with E-state index in [0.717, 1.165) is 16.9 Å². The van der Waals surface area contributed by atoms with Crippen molar-refractivity contribution in [1.82, 2.24) is 10.2 Å². The fourth-order valence-corrected chi connectivity index (χ4v) is 4.02. The zero-order chi connectivity index (χ0) is 21.9. The lowest BCUT2D eigenvalue weighted by molar-refractivity contribution is -0.141. The number of carbonyl (C=O) groups excluding carboxylic acids is 2. The van der Waals surface area contributed by atoms with Gasteiger partial charge in [-0.3, -0.25) is 9.59 Å². The maximum atomic E-state index is 13.2. The van der Waals surface area contributed by atoms with Crippen molar-refractivity contribution in [2.75, 3.05) is 5.75 Å². The lowest BCUT2D eigenvalue weighted by Gasteiger charge is -2.31. The van der Waals surface area contributed by atoms with E-state index in [9.17, 15) is 9.59 Å². The molecule has 0 heterocycles. The summed E-state index contributed by atoms with van der Waals surface area (Å²) in [4.78, 5) is 29.0. The van der Waals surface area contributed by atoms with E-state index in [1.165, 1.54) is 5.56 Å². The molecule has 0 spiro atoms. The van der Waals surface area contributed by atoms with Crippen LogP contribution in [-0.2, 0) is 16.1 Å². The minimum atomic E-state index is -0.462. The second-order valence-corrected chi connectivity index (χ2v) is 8.83. The number of benzene rings is 2. The first kappa shape index (κ1) is 24.0. The van der Waals surface area contributed by atoms with Gasteiger partial charge in [0.25, 0.3) is 0 Å². The molecule has 2 amide bonds. The first-order valence-electron chi connectivity index (χ1n) is 10.8. The summed E-state index contributed by atoms with van der Waals surface area (Å²) in [5, 5.41) is 3.05. The molecule has 5 heteroatoms. The van der Waals surface area contributed by atoms with Crippen LogP contribution in [0.25, 0.3) is 0 Å². The van der Waals surface area contributed by atoms with Crippen LogP contribution < -0.4 is 5.32 Å². The minimum Gasteiger partial charge on any atom is -0.352 e. The highest BCUT2D eigenvalue weighted by Gasteiger charge is 2.28. The lowest BCUT2D eigenvalue weighted by Crippen LogP contribution is -2.50. The molecule has 0 saturated carbocycles. The summed E-state index contributed by atoms with van der Waals surface area (Å²) in [5.41, 5.74) is 2.26. The van der Waals surface area contributed by atoms with E-state index in [1.54, 1.807) is 16.7 Å². The molecule has 0 saturated heterocycles. The van der Waals surface area contributed by atoms with Crippen molar-refractivity contribution in [1.29, 1.82) is 0 Å². The van der Waals surface area contributed by atoms with Gasteiger partial charge in [0.15, 0.2) is 0 Å². The number of rotatable bonds is 11. The molecule has 0 aliphatic carbocycles. The molecule has 0 aliphatic heterocycles. The van der Waals surface area contributed by atoms with Crippen molar-refractivity contribution in [3.8, 4) is 0 Å². The molecule has 0 unspecified atom stereocenters. The second-order valence-electron chi connectivity index (χ2n) is 7.66. The van der Waals surface area contributed by atoms with Gasteiger partial charge in [-0.15, -0.1) is 11.8 Å². The third-order valence-electron chi connectivity index (χ3n) is 5.19. The molecule has 30 heavy (non-hydrogen) atoms. The number of hydrogen-bond donors (Lipinski definition) is 1. The van der Waals surface area contributed by atoms with Crippen LogP contribution in [0.1, 0.15) is 51.2 Å². The average molecular weight is 427 g/mol. The molecule has 162 valence electrons. The molecular weight excluding hydrogens is 392 g/mol. The molecule has 2 atom stereocenters. The first-order valence-corrected chi connectivity index (χ1v) is 11.8. The number of aryl methyl sites for hydroxylation is 1. The number of carbonyl (C=O) groups is 2. The number of thioether (sulfide) groups is 1. The van der Waals surface area contributed by atoms with Crippen molar-refractivity contribution in [3.63, 3.8) is 0 Å². The number of nitrogens with zero attached hydrogens (tertiary/aromatic N) is 1. The molecule has 0 aromatic heterocycles. The van der Waals surface area contributed by atoms with Crippen LogP contribution in [0.15, 0.2) is 59.5 Å². The SMILES string of the molecule is CC[C@H](C(=O)N[C@@H](C)CC)N(Cc1ccccc1)C(=O)CCSc1ccc(C)cc1. The fourth-order valence-electron chi connectivity index (χ4n) is 3.18. The van der Waals surface area contributed by atoms with Gasteiger partial charge in [-0.25, -0.2) is 0 Å². The van der Waals surface area contributed by atoms with E-state index in [0.29, 0.717) is 25.1 Å². The first-order chi connectivity index (χ1) is 14.4. The van der Waals surface area contributed by atoms with E-state index >= 15 is 0 Å². The fraction of sp³-hybridized carbons (Fsp3) is 0.440. The molecule has 0 bridgehead atoms. The van der Waals surface area contributed by atoms with Crippen molar-refractivity contribution in [2.24, 2.45) is 0 Å². The van der Waals surface area contributed by atoms with Crippen LogP contribution in [0.2, 0.25) is 0 Å². The van der Waals surface area contributed by atoms with E-state index in [4.69, 9.17) is 0 Å². The molecule has 1 N–H and O–H groups in total. The zero-order valence-electron chi connectivity index (χ0n) is 18.6. The maximum absolute atomic E-state index is 13.2. The van der Waals surface area contributed by atoms with Gasteiger partial charge in [-0.2, -0.15) is 0 Å². The molecule has 0 radical (unpaired) electrons. The summed E-state index contributed by atoms with van der Waals surface area (Å²) in [7, 11) is 0. The third-order valence-corrected chi connectivity index (χ3v) is 6.20. The highest BCUT2D eigenvalue weighted by Crippen LogP contribution is 2.21. The Labute approximate surface area is 185 Å². The Hall–Kier alpha value is -2.27. The minimum absolute atomic E-state index is 0.0182. The summed E-state index contributed by atoms with van der Waals surface area (Å²) in [6, 6.07) is 17.9. The monoisotopic (exact) mass is 426 g/mol. The smallest absolute Gasteiger partial charge is 0.243 e. The largest absolute Gasteiger partial charge is 0.352 e. The quantitative estimate of drug-likeness (QED) is 0.503. The van der Waals surface area contributed by atoms with Crippen LogP contribution in [0, 0.1) is 6.92 Å². The van der Waals surface area contributed by atoms with E-state index in [-0.39, 0.29) is 17.9 Å². The van der Waals surface area contributed by atoms with E-state index in [2.05, 4.69) is 36.5 Å². The highest BCUT2D eigenvalue weighted by atomic mass is 32.2. The lowest BCUT2D eigenvalue weighted by atomic mass is 10.1. The number of hydrogen-bond acceptors (Lipinski definition) is 3. The summed E-state index contributed by atoms with van der Waals surface area (Å²) in [6.45, 7) is 8.51. The normalized spacial score (nSPS) is 12.8. The number of amides is 2. The average Bonchev–Trinajstić information content (AvgIpc) is 2.75. The molecule has 0 fully saturated rings. The van der Waals surface area contributed by atoms with Crippen LogP contribution in [0.3, 0.4) is 0 Å². The molecular formula is C25H34N2O2S. The predicted octanol–water partition coefficient (Wildman–Crippen LogP) is 5.20. The Kier molecular flexibility index (Phi) is 9.95. The predicted molar refractivity (Wildman–Crippen MR) is 125 cm³/mol. The summed E-state index contributed by atoms with van der Waals surface area (Å²) >= 11 is 1.68. The molecule has 4 nitrogen and oxygen atoms in total. The van der Waals surface area contributed by atoms with E-state index < -0.39 is 6.04 Å². The maximum Gasteiger partial charge on any atom is 0.243 e. The Morgan fingerprint density at radius 1 is 1.00 bits per heavy atom. The van der Waals surface area contributed by atoms with Crippen LogP contribution in [0.5, 0.6) is 0 Å². The zero-order valence-corrected chi connectivity index (χ0v) is 19.4. The third kappa shape index (κ3) is 7.52. The highest BCUT2D eigenvalue weighted by molar-refractivity contribution is 7.99. The Bertz CT molecular complexity index is 793. The van der Waals surface area contributed by atoms with Crippen LogP contribution >= 0.6 is 11.8 Å². The van der Waals surface area contributed by atoms with Gasteiger partial charge in [-0.1, -0.05) is 61.9 Å². The van der Waals surface area contributed by atoms with Gasteiger partial charge in [-0.05, 0) is 44.4 Å². The summed E-state index contributed by atoms with van der Waals surface area (Å²) < 4.78 is 0. The van der Waals surface area contributed by atoms with Crippen molar-refractivity contribution in [2.45, 2.75) is 70.5 Å². The van der Waals surface area contributed by atoms with Crippen LogP contribution in [-0.4, -0.2) is 34.6 Å². The number of nitrogens with one attached hydrogen (secondary N) is 1. The van der Waals surface area contributed by atoms with Crippen LogP contribution in [0.4, 0.5) is 0 Å². The molecule has 2 aromatic carbocycles. The summed E-state index contributed by atoms with van der Waals surface area (Å²) in [6.07, 6.45) is 1.85. The topological polar surface area (TPSA) is 49.4 Å². The van der Waals surface area contributed by atoms with Crippen molar-refractivity contribution >= 4 is 23.6 Å². The standard InChI is InChI=1S/C25H34N2O2S/c1-5-20(4)26-25(29)23(6-2)27(18-21-10-8-7-9-11-21)24(28)16-17-30-22-14-12-19(3)13-15-22/h7-15,20,23H,5-6,16-18H2,1-4H3,(H,26,29)/t20-,23+/m0/s1. The van der Waals surface area contributed by atoms with Gasteiger partial charge in [0.05, 0.1) is 0 Å². The molecule has 2 rings (SSSR count). The van der Waals surface area contributed by atoms with Crippen molar-refractivity contribution < 1.29 is 9.59 Å². The van der Waals surface area contributed by atoms with E-state index in [1.807, 2.05) is 51.1 Å². The van der Waals surface area contributed by atoms with Gasteiger partial charge in [0.2, 0.25) is 11.8 Å². The van der Waals surface area contributed by atoms with Gasteiger partial charge < -0.3 is 10.2 Å². The Balaban J connectivity index is 2.09. The molecule has 0 aliphatic rings.